The molecule has 1 saturated heterocycles. The van der Waals surface area contributed by atoms with Crippen molar-refractivity contribution in [3.05, 3.63) is 70.5 Å². The summed E-state index contributed by atoms with van der Waals surface area (Å²) in [5, 5.41) is 12.6. The lowest BCUT2D eigenvalue weighted by Gasteiger charge is -2.18. The molecule has 1 fully saturated rings. The van der Waals surface area contributed by atoms with Gasteiger partial charge in [0.05, 0.1) is 18.3 Å². The predicted octanol–water partition coefficient (Wildman–Crippen LogP) is 4.97. The van der Waals surface area contributed by atoms with Gasteiger partial charge in [-0.3, -0.25) is 9.69 Å². The number of aromatic nitrogens is 3. The van der Waals surface area contributed by atoms with Crippen LogP contribution in [-0.2, 0) is 17.9 Å². The lowest BCUT2D eigenvalue weighted by Crippen LogP contribution is -2.24. The normalized spacial score (nSPS) is 15.0. The Morgan fingerprint density at radius 1 is 1.03 bits per heavy atom. The molecule has 0 saturated carbocycles. The zero-order valence-corrected chi connectivity index (χ0v) is 20.8. The number of carbonyl (C=O) groups excluding carboxylic acids is 1. The average Bonchev–Trinajstić information content (AvgIpc) is 3.42. The Bertz CT molecular complexity index is 1080. The van der Waals surface area contributed by atoms with Crippen LogP contribution >= 0.6 is 11.8 Å². The monoisotopic (exact) mass is 463 g/mol. The molecule has 33 heavy (non-hydrogen) atoms. The number of hydrogen-bond acceptors (Lipinski definition) is 5. The molecule has 0 spiro atoms. The van der Waals surface area contributed by atoms with Crippen molar-refractivity contribution in [1.29, 1.82) is 0 Å². The fourth-order valence-corrected chi connectivity index (χ4v) is 5.27. The molecule has 0 radical (unpaired) electrons. The van der Waals surface area contributed by atoms with Gasteiger partial charge in [0.2, 0.25) is 5.91 Å². The van der Waals surface area contributed by atoms with Crippen LogP contribution in [0.3, 0.4) is 0 Å². The number of nitrogens with zero attached hydrogens (tertiary/aromatic N) is 4. The Kier molecular flexibility index (Phi) is 7.50. The fourth-order valence-electron chi connectivity index (χ4n) is 4.40. The third kappa shape index (κ3) is 5.84. The van der Waals surface area contributed by atoms with Gasteiger partial charge in [0.15, 0.2) is 5.16 Å². The van der Waals surface area contributed by atoms with Crippen LogP contribution < -0.4 is 5.32 Å². The predicted molar refractivity (Wildman–Crippen MR) is 135 cm³/mol. The first-order valence-corrected chi connectivity index (χ1v) is 12.5. The van der Waals surface area contributed by atoms with Crippen molar-refractivity contribution in [2.75, 3.05) is 18.4 Å². The van der Waals surface area contributed by atoms with Crippen molar-refractivity contribution in [2.45, 2.75) is 64.0 Å². The first-order valence-electron chi connectivity index (χ1n) is 11.6. The second-order valence-electron chi connectivity index (χ2n) is 8.98. The number of aryl methyl sites for hydroxylation is 3. The fraction of sp³-hybridized carbons (Fsp3) is 0.423. The van der Waals surface area contributed by atoms with E-state index in [-0.39, 0.29) is 11.2 Å². The average molecular weight is 464 g/mol. The molecule has 0 aliphatic carbocycles. The van der Waals surface area contributed by atoms with Gasteiger partial charge in [-0.25, -0.2) is 0 Å². The van der Waals surface area contributed by atoms with Gasteiger partial charge in [-0.15, -0.1) is 10.2 Å². The quantitative estimate of drug-likeness (QED) is 0.478. The second kappa shape index (κ2) is 10.5. The summed E-state index contributed by atoms with van der Waals surface area (Å²) >= 11 is 1.47. The molecular formula is C26H33N5OS. The van der Waals surface area contributed by atoms with Crippen molar-refractivity contribution in [3.8, 4) is 0 Å². The minimum absolute atomic E-state index is 0.0228. The minimum Gasteiger partial charge on any atom is -0.325 e. The summed E-state index contributed by atoms with van der Waals surface area (Å²) in [7, 11) is 0. The maximum Gasteiger partial charge on any atom is 0.237 e. The number of hydrogen-bond donors (Lipinski definition) is 1. The molecule has 1 aliphatic rings. The van der Waals surface area contributed by atoms with Crippen LogP contribution in [0.15, 0.2) is 47.6 Å². The van der Waals surface area contributed by atoms with Gasteiger partial charge in [-0.1, -0.05) is 59.8 Å². The Hall–Kier alpha value is -2.64. The van der Waals surface area contributed by atoms with Gasteiger partial charge >= 0.3 is 0 Å². The van der Waals surface area contributed by atoms with E-state index < -0.39 is 0 Å². The molecule has 1 unspecified atom stereocenters. The van der Waals surface area contributed by atoms with Crippen LogP contribution in [-0.4, -0.2) is 43.9 Å². The molecule has 1 aromatic heterocycles. The second-order valence-corrected chi connectivity index (χ2v) is 10.3. The van der Waals surface area contributed by atoms with Crippen molar-refractivity contribution in [3.63, 3.8) is 0 Å². The topological polar surface area (TPSA) is 63.1 Å². The molecule has 1 N–H and O–H groups in total. The minimum atomic E-state index is -0.302. The van der Waals surface area contributed by atoms with Crippen LogP contribution in [0.1, 0.15) is 47.8 Å². The van der Waals surface area contributed by atoms with Gasteiger partial charge in [0.1, 0.15) is 5.82 Å². The highest BCUT2D eigenvalue weighted by Crippen LogP contribution is 2.27. The Morgan fingerprint density at radius 3 is 2.36 bits per heavy atom. The summed E-state index contributed by atoms with van der Waals surface area (Å²) < 4.78 is 2.17. The van der Waals surface area contributed by atoms with Crippen LogP contribution in [0.5, 0.6) is 0 Å². The van der Waals surface area contributed by atoms with E-state index >= 15 is 0 Å². The van der Waals surface area contributed by atoms with E-state index in [9.17, 15) is 4.79 Å². The molecule has 0 bridgehead atoms. The first kappa shape index (κ1) is 23.5. The number of nitrogens with one attached hydrogen (secondary N) is 1. The summed E-state index contributed by atoms with van der Waals surface area (Å²) in [4.78, 5) is 15.5. The lowest BCUT2D eigenvalue weighted by molar-refractivity contribution is -0.115. The highest BCUT2D eigenvalue weighted by molar-refractivity contribution is 8.00. The summed E-state index contributed by atoms with van der Waals surface area (Å²) in [6.07, 6.45) is 2.48. The molecule has 1 amide bonds. The van der Waals surface area contributed by atoms with Gasteiger partial charge < -0.3 is 9.88 Å². The number of likely N-dealkylation sites (tertiary alicyclic amines) is 1. The summed E-state index contributed by atoms with van der Waals surface area (Å²) in [5.41, 5.74) is 5.46. The summed E-state index contributed by atoms with van der Waals surface area (Å²) in [6, 6.07) is 14.6. The third-order valence-corrected chi connectivity index (χ3v) is 7.20. The van der Waals surface area contributed by atoms with Crippen molar-refractivity contribution < 1.29 is 4.79 Å². The van der Waals surface area contributed by atoms with E-state index in [1.54, 1.807) is 0 Å². The number of benzene rings is 2. The lowest BCUT2D eigenvalue weighted by atomic mass is 10.1. The maximum atomic E-state index is 13.1. The van der Waals surface area contributed by atoms with Crippen molar-refractivity contribution in [2.24, 2.45) is 0 Å². The third-order valence-electron chi connectivity index (χ3n) is 6.12. The zero-order valence-electron chi connectivity index (χ0n) is 20.0. The molecule has 2 aromatic carbocycles. The van der Waals surface area contributed by atoms with E-state index in [1.165, 1.54) is 35.7 Å². The number of thioether (sulfide) groups is 1. The smallest absolute Gasteiger partial charge is 0.237 e. The molecule has 174 valence electrons. The van der Waals surface area contributed by atoms with Crippen LogP contribution in [0.25, 0.3) is 0 Å². The molecule has 1 aliphatic heterocycles. The Labute approximate surface area is 200 Å². The van der Waals surface area contributed by atoms with Crippen LogP contribution in [0, 0.1) is 20.8 Å². The number of rotatable bonds is 8. The summed E-state index contributed by atoms with van der Waals surface area (Å²) in [6.45, 7) is 11.8. The molecule has 4 rings (SSSR count). The van der Waals surface area contributed by atoms with Crippen LogP contribution in [0.4, 0.5) is 5.69 Å². The molecule has 1 atom stereocenters. The maximum absolute atomic E-state index is 13.1. The Balaban J connectivity index is 1.52. The van der Waals surface area contributed by atoms with E-state index in [2.05, 4.69) is 68.3 Å². The first-order chi connectivity index (χ1) is 15.9. The van der Waals surface area contributed by atoms with Crippen molar-refractivity contribution in [1.82, 2.24) is 19.7 Å². The molecule has 6 nitrogen and oxygen atoms in total. The highest BCUT2D eigenvalue weighted by Gasteiger charge is 2.23. The van der Waals surface area contributed by atoms with Gasteiger partial charge in [0, 0.05) is 5.69 Å². The van der Waals surface area contributed by atoms with Gasteiger partial charge in [-0.05, 0) is 70.3 Å². The van der Waals surface area contributed by atoms with E-state index in [4.69, 9.17) is 0 Å². The van der Waals surface area contributed by atoms with Crippen molar-refractivity contribution >= 4 is 23.4 Å². The van der Waals surface area contributed by atoms with Crippen LogP contribution in [0.2, 0.25) is 0 Å². The Morgan fingerprint density at radius 2 is 1.70 bits per heavy atom. The van der Waals surface area contributed by atoms with Gasteiger partial charge in [-0.2, -0.15) is 0 Å². The SMILES string of the molecule is Cc1cc(C)c(NC(=O)C(C)Sc2nnc(CN3CCCC3)n2Cc2ccccc2)c(C)c1. The molecular weight excluding hydrogens is 430 g/mol. The van der Waals surface area contributed by atoms with E-state index in [1.807, 2.05) is 26.8 Å². The van der Waals surface area contributed by atoms with E-state index in [0.29, 0.717) is 6.54 Å². The highest BCUT2D eigenvalue weighted by atomic mass is 32.2. The molecule has 3 aromatic rings. The zero-order chi connectivity index (χ0) is 23.4. The standard InChI is InChI=1S/C26H33N5OS/c1-18-14-19(2)24(20(3)15-18)27-25(32)21(4)33-26-29-28-23(17-30-12-8-9-13-30)31(26)16-22-10-6-5-7-11-22/h5-7,10-11,14-15,21H,8-9,12-13,16-17H2,1-4H3,(H,27,32). The number of carbonyl (C=O) groups is 1. The molecule has 7 heteroatoms. The molecule has 2 heterocycles. The summed E-state index contributed by atoms with van der Waals surface area (Å²) in [5.74, 6) is 0.937. The van der Waals surface area contributed by atoms with Gasteiger partial charge in [0.25, 0.3) is 0 Å². The number of anilines is 1. The number of amides is 1. The van der Waals surface area contributed by atoms with E-state index in [0.717, 1.165) is 47.4 Å². The largest absolute Gasteiger partial charge is 0.325 e.